The predicted octanol–water partition coefficient (Wildman–Crippen LogP) is 4.55. The Morgan fingerprint density at radius 3 is 2.95 bits per heavy atom. The minimum absolute atomic E-state index is 0.125. The number of pyridine rings is 1. The van der Waals surface area contributed by atoms with Crippen molar-refractivity contribution in [2.24, 2.45) is 0 Å². The minimum atomic E-state index is -0.511. The SMILES string of the molecule is CC(C)(C)OC(=O)N1CCC[C@H]1c1cc2nccc(Cl)c2o1. The van der Waals surface area contributed by atoms with Crippen LogP contribution in [0.25, 0.3) is 11.1 Å². The van der Waals surface area contributed by atoms with Gasteiger partial charge in [-0.15, -0.1) is 0 Å². The van der Waals surface area contributed by atoms with Gasteiger partial charge in [-0.1, -0.05) is 11.6 Å². The third kappa shape index (κ3) is 2.90. The molecule has 3 rings (SSSR count). The van der Waals surface area contributed by atoms with E-state index in [-0.39, 0.29) is 12.1 Å². The number of halogens is 1. The summed E-state index contributed by atoms with van der Waals surface area (Å²) in [5.74, 6) is 0.707. The van der Waals surface area contributed by atoms with E-state index in [0.29, 0.717) is 28.4 Å². The molecule has 2 aromatic heterocycles. The number of rotatable bonds is 1. The molecule has 5 nitrogen and oxygen atoms in total. The maximum absolute atomic E-state index is 12.3. The number of amides is 1. The largest absolute Gasteiger partial charge is 0.456 e. The van der Waals surface area contributed by atoms with Crippen molar-refractivity contribution < 1.29 is 13.9 Å². The monoisotopic (exact) mass is 322 g/mol. The van der Waals surface area contributed by atoms with E-state index in [4.69, 9.17) is 20.8 Å². The zero-order chi connectivity index (χ0) is 15.9. The van der Waals surface area contributed by atoms with Crippen LogP contribution in [0.1, 0.15) is 45.4 Å². The molecular weight excluding hydrogens is 304 g/mol. The first-order valence-electron chi connectivity index (χ1n) is 7.39. The molecular formula is C16H19ClN2O3. The van der Waals surface area contributed by atoms with Crippen LogP contribution in [0, 0.1) is 0 Å². The maximum Gasteiger partial charge on any atom is 0.410 e. The third-order valence-corrected chi connectivity index (χ3v) is 3.89. The van der Waals surface area contributed by atoms with Gasteiger partial charge in [-0.2, -0.15) is 0 Å². The predicted molar refractivity (Wildman–Crippen MR) is 83.9 cm³/mol. The first kappa shape index (κ1) is 15.2. The summed E-state index contributed by atoms with van der Waals surface area (Å²) in [6.07, 6.45) is 3.10. The molecule has 0 saturated carbocycles. The Balaban J connectivity index is 1.88. The van der Waals surface area contributed by atoms with E-state index in [1.165, 1.54) is 0 Å². The molecule has 22 heavy (non-hydrogen) atoms. The quantitative estimate of drug-likeness (QED) is 0.772. The Morgan fingerprint density at radius 1 is 1.50 bits per heavy atom. The first-order valence-corrected chi connectivity index (χ1v) is 7.76. The summed E-state index contributed by atoms with van der Waals surface area (Å²) in [5, 5.41) is 0.526. The van der Waals surface area contributed by atoms with Crippen LogP contribution in [0.2, 0.25) is 5.02 Å². The second kappa shape index (κ2) is 5.47. The summed E-state index contributed by atoms with van der Waals surface area (Å²) in [6, 6.07) is 3.42. The molecule has 0 unspecified atom stereocenters. The number of hydrogen-bond acceptors (Lipinski definition) is 4. The Bertz CT molecular complexity index is 705. The van der Waals surface area contributed by atoms with Crippen LogP contribution in [0.5, 0.6) is 0 Å². The highest BCUT2D eigenvalue weighted by Crippen LogP contribution is 2.37. The topological polar surface area (TPSA) is 55.6 Å². The van der Waals surface area contributed by atoms with E-state index < -0.39 is 5.60 Å². The molecule has 0 bridgehead atoms. The lowest BCUT2D eigenvalue weighted by molar-refractivity contribution is 0.0209. The van der Waals surface area contributed by atoms with Gasteiger partial charge >= 0.3 is 6.09 Å². The molecule has 1 atom stereocenters. The molecule has 3 heterocycles. The molecule has 0 spiro atoms. The highest BCUT2D eigenvalue weighted by molar-refractivity contribution is 6.34. The smallest absolute Gasteiger partial charge is 0.410 e. The normalized spacial score (nSPS) is 18.9. The molecule has 1 amide bonds. The lowest BCUT2D eigenvalue weighted by Gasteiger charge is -2.27. The number of nitrogens with zero attached hydrogens (tertiary/aromatic N) is 2. The Hall–Kier alpha value is -1.75. The van der Waals surface area contributed by atoms with Gasteiger partial charge < -0.3 is 9.15 Å². The van der Waals surface area contributed by atoms with Gasteiger partial charge in [0.05, 0.1) is 11.1 Å². The van der Waals surface area contributed by atoms with Gasteiger partial charge in [0.1, 0.15) is 16.9 Å². The van der Waals surface area contributed by atoms with Crippen molar-refractivity contribution in [1.82, 2.24) is 9.88 Å². The number of carbonyl (C=O) groups is 1. The highest BCUT2D eigenvalue weighted by atomic mass is 35.5. The van der Waals surface area contributed by atoms with Gasteiger partial charge in [0, 0.05) is 18.8 Å². The molecule has 1 saturated heterocycles. The first-order chi connectivity index (χ1) is 10.3. The van der Waals surface area contributed by atoms with Crippen LogP contribution in [-0.2, 0) is 4.74 Å². The molecule has 118 valence electrons. The number of furan rings is 1. The lowest BCUT2D eigenvalue weighted by Crippen LogP contribution is -2.36. The van der Waals surface area contributed by atoms with E-state index >= 15 is 0 Å². The van der Waals surface area contributed by atoms with Crippen molar-refractivity contribution in [3.05, 3.63) is 29.1 Å². The molecule has 1 aliphatic heterocycles. The number of ether oxygens (including phenoxy) is 1. The Morgan fingerprint density at radius 2 is 2.27 bits per heavy atom. The fourth-order valence-corrected chi connectivity index (χ4v) is 2.88. The molecule has 0 radical (unpaired) electrons. The fourth-order valence-electron chi connectivity index (χ4n) is 2.69. The van der Waals surface area contributed by atoms with Crippen molar-refractivity contribution in [3.8, 4) is 0 Å². The van der Waals surface area contributed by atoms with Gasteiger partial charge in [-0.3, -0.25) is 9.88 Å². The number of aromatic nitrogens is 1. The molecule has 1 aliphatic rings. The summed E-state index contributed by atoms with van der Waals surface area (Å²) in [6.45, 7) is 6.25. The summed E-state index contributed by atoms with van der Waals surface area (Å²) >= 11 is 6.12. The zero-order valence-electron chi connectivity index (χ0n) is 12.9. The molecule has 0 aliphatic carbocycles. The van der Waals surface area contributed by atoms with Crippen LogP contribution < -0.4 is 0 Å². The summed E-state index contributed by atoms with van der Waals surface area (Å²) in [4.78, 5) is 18.3. The molecule has 1 fully saturated rings. The Kier molecular flexibility index (Phi) is 3.77. The molecule has 6 heteroatoms. The van der Waals surface area contributed by atoms with Crippen molar-refractivity contribution in [2.75, 3.05) is 6.54 Å². The molecule has 0 aromatic carbocycles. The van der Waals surface area contributed by atoms with Gasteiger partial charge in [-0.05, 0) is 39.7 Å². The average Bonchev–Trinajstić information content (AvgIpc) is 3.03. The van der Waals surface area contributed by atoms with Crippen LogP contribution in [0.15, 0.2) is 22.7 Å². The van der Waals surface area contributed by atoms with Gasteiger partial charge in [-0.25, -0.2) is 4.79 Å². The second-order valence-electron chi connectivity index (χ2n) is 6.49. The fraction of sp³-hybridized carbons (Fsp3) is 0.500. The average molecular weight is 323 g/mol. The minimum Gasteiger partial charge on any atom is -0.456 e. The number of fused-ring (bicyclic) bond motifs is 1. The van der Waals surface area contributed by atoms with E-state index in [0.717, 1.165) is 12.8 Å². The van der Waals surface area contributed by atoms with E-state index in [1.54, 1.807) is 17.2 Å². The van der Waals surface area contributed by atoms with Crippen LogP contribution in [-0.4, -0.2) is 28.1 Å². The number of likely N-dealkylation sites (tertiary alicyclic amines) is 1. The summed E-state index contributed by atoms with van der Waals surface area (Å²) in [7, 11) is 0. The van der Waals surface area contributed by atoms with Gasteiger partial charge in [0.25, 0.3) is 0 Å². The zero-order valence-corrected chi connectivity index (χ0v) is 13.7. The van der Waals surface area contributed by atoms with Crippen molar-refractivity contribution >= 4 is 28.8 Å². The molecule has 0 N–H and O–H groups in total. The van der Waals surface area contributed by atoms with E-state index in [1.807, 2.05) is 26.8 Å². The second-order valence-corrected chi connectivity index (χ2v) is 6.89. The van der Waals surface area contributed by atoms with E-state index in [2.05, 4.69) is 4.98 Å². The van der Waals surface area contributed by atoms with Gasteiger partial charge in [0.2, 0.25) is 0 Å². The summed E-state index contributed by atoms with van der Waals surface area (Å²) < 4.78 is 11.3. The van der Waals surface area contributed by atoms with Crippen molar-refractivity contribution in [1.29, 1.82) is 0 Å². The van der Waals surface area contributed by atoms with Crippen LogP contribution in [0.4, 0.5) is 4.79 Å². The summed E-state index contributed by atoms with van der Waals surface area (Å²) in [5.41, 5.74) is 0.761. The number of hydrogen-bond donors (Lipinski definition) is 0. The highest BCUT2D eigenvalue weighted by Gasteiger charge is 2.35. The lowest BCUT2D eigenvalue weighted by atomic mass is 10.1. The maximum atomic E-state index is 12.3. The van der Waals surface area contributed by atoms with Crippen LogP contribution in [0.3, 0.4) is 0 Å². The standard InChI is InChI=1S/C16H19ClN2O3/c1-16(2,3)22-15(20)19-8-4-5-12(19)13-9-11-14(21-13)10(17)6-7-18-11/h6-7,9,12H,4-5,8H2,1-3H3/t12-/m0/s1. The van der Waals surface area contributed by atoms with Crippen molar-refractivity contribution in [3.63, 3.8) is 0 Å². The molecule has 2 aromatic rings. The van der Waals surface area contributed by atoms with Gasteiger partial charge in [0.15, 0.2) is 5.58 Å². The Labute approximate surface area is 134 Å². The van der Waals surface area contributed by atoms with Crippen LogP contribution >= 0.6 is 11.6 Å². The van der Waals surface area contributed by atoms with Crippen molar-refractivity contribution in [2.45, 2.75) is 45.3 Å². The van der Waals surface area contributed by atoms with E-state index in [9.17, 15) is 4.79 Å². The number of carbonyl (C=O) groups excluding carboxylic acids is 1. The third-order valence-electron chi connectivity index (χ3n) is 3.59.